The van der Waals surface area contributed by atoms with E-state index < -0.39 is 0 Å². The molecule has 1 fully saturated rings. The summed E-state index contributed by atoms with van der Waals surface area (Å²) >= 11 is 0. The van der Waals surface area contributed by atoms with Crippen LogP contribution in [0.5, 0.6) is 5.75 Å². The predicted octanol–water partition coefficient (Wildman–Crippen LogP) is 7.95. The van der Waals surface area contributed by atoms with Crippen molar-refractivity contribution in [3.63, 3.8) is 0 Å². The van der Waals surface area contributed by atoms with Crippen molar-refractivity contribution >= 4 is 5.78 Å². The fourth-order valence-corrected chi connectivity index (χ4v) is 6.25. The number of carbonyl (C=O) groups is 1. The molecule has 0 N–H and O–H groups in total. The van der Waals surface area contributed by atoms with Crippen molar-refractivity contribution in [1.82, 2.24) is 4.90 Å². The molecule has 39 heavy (non-hydrogen) atoms. The van der Waals surface area contributed by atoms with Crippen LogP contribution >= 0.6 is 0 Å². The number of nitrogens with zero attached hydrogens (tertiary/aromatic N) is 1. The third-order valence-electron chi connectivity index (χ3n) is 8.57. The van der Waals surface area contributed by atoms with Gasteiger partial charge in [0, 0.05) is 11.5 Å². The van der Waals surface area contributed by atoms with Gasteiger partial charge < -0.3 is 9.64 Å². The van der Waals surface area contributed by atoms with Gasteiger partial charge in [-0.1, -0.05) is 78.9 Å². The number of rotatable bonds is 8. The van der Waals surface area contributed by atoms with E-state index >= 15 is 0 Å². The van der Waals surface area contributed by atoms with E-state index in [2.05, 4.69) is 89.8 Å². The molecule has 1 saturated heterocycles. The van der Waals surface area contributed by atoms with Crippen molar-refractivity contribution in [2.24, 2.45) is 5.92 Å². The number of hydrogen-bond donors (Lipinski definition) is 0. The van der Waals surface area contributed by atoms with Gasteiger partial charge in [-0.25, -0.2) is 0 Å². The Morgan fingerprint density at radius 3 is 2.28 bits per heavy atom. The largest absolute Gasteiger partial charge is 0.489 e. The van der Waals surface area contributed by atoms with E-state index in [0.29, 0.717) is 18.3 Å². The van der Waals surface area contributed by atoms with Crippen LogP contribution in [0.3, 0.4) is 0 Å². The van der Waals surface area contributed by atoms with Crippen LogP contribution in [0.15, 0.2) is 103 Å². The topological polar surface area (TPSA) is 29.5 Å². The second-order valence-electron chi connectivity index (χ2n) is 11.1. The van der Waals surface area contributed by atoms with Crippen LogP contribution in [0.4, 0.5) is 0 Å². The molecule has 1 heterocycles. The van der Waals surface area contributed by atoms with Crippen LogP contribution in [-0.4, -0.2) is 30.3 Å². The molecule has 6 rings (SSSR count). The van der Waals surface area contributed by atoms with E-state index in [0.717, 1.165) is 61.3 Å². The van der Waals surface area contributed by atoms with Gasteiger partial charge in [0.25, 0.3) is 0 Å². The molecule has 0 radical (unpaired) electrons. The Morgan fingerprint density at radius 2 is 1.49 bits per heavy atom. The second kappa shape index (κ2) is 12.0. The SMILES string of the molecule is O=C1c2ccc(OCc3cccc(-c4ccccc4)c3)cc2CCC1CCN1CCC(c2ccccc2)CC1. The minimum Gasteiger partial charge on any atom is -0.489 e. The Hall–Kier alpha value is -3.69. The van der Waals surface area contributed by atoms with Crippen molar-refractivity contribution in [1.29, 1.82) is 0 Å². The summed E-state index contributed by atoms with van der Waals surface area (Å²) in [6.07, 6.45) is 5.28. The molecule has 0 spiro atoms. The zero-order chi connectivity index (χ0) is 26.4. The molecule has 4 aromatic carbocycles. The lowest BCUT2D eigenvalue weighted by molar-refractivity contribution is 0.0877. The molecule has 2 aliphatic rings. The average molecular weight is 516 g/mol. The lowest BCUT2D eigenvalue weighted by Gasteiger charge is -2.33. The first-order valence-electron chi connectivity index (χ1n) is 14.4. The maximum absolute atomic E-state index is 13.3. The van der Waals surface area contributed by atoms with E-state index in [9.17, 15) is 4.79 Å². The molecule has 1 atom stereocenters. The molecule has 4 aromatic rings. The lowest BCUT2D eigenvalue weighted by Crippen LogP contribution is -2.35. The zero-order valence-corrected chi connectivity index (χ0v) is 22.6. The molecule has 0 saturated carbocycles. The fraction of sp³-hybridized carbons (Fsp3) is 0.306. The van der Waals surface area contributed by atoms with Crippen LogP contribution in [0.25, 0.3) is 11.1 Å². The number of benzene rings is 4. The van der Waals surface area contributed by atoms with Gasteiger partial charge in [-0.3, -0.25) is 4.79 Å². The molecule has 3 heteroatoms. The van der Waals surface area contributed by atoms with Gasteiger partial charge in [0.2, 0.25) is 0 Å². The van der Waals surface area contributed by atoms with Gasteiger partial charge in [-0.05, 0) is 110 Å². The van der Waals surface area contributed by atoms with E-state index in [1.165, 1.54) is 29.5 Å². The number of piperidine rings is 1. The van der Waals surface area contributed by atoms with E-state index in [4.69, 9.17) is 4.74 Å². The Morgan fingerprint density at radius 1 is 0.744 bits per heavy atom. The van der Waals surface area contributed by atoms with Crippen LogP contribution in [0.1, 0.15) is 58.6 Å². The first kappa shape index (κ1) is 25.6. The van der Waals surface area contributed by atoms with Crippen molar-refractivity contribution < 1.29 is 9.53 Å². The van der Waals surface area contributed by atoms with Crippen LogP contribution < -0.4 is 4.74 Å². The molecule has 1 aliphatic carbocycles. The van der Waals surface area contributed by atoms with Crippen LogP contribution in [0.2, 0.25) is 0 Å². The Bertz CT molecular complexity index is 1390. The van der Waals surface area contributed by atoms with E-state index in [-0.39, 0.29) is 5.92 Å². The molecule has 0 amide bonds. The van der Waals surface area contributed by atoms with Gasteiger partial charge in [0.05, 0.1) is 0 Å². The molecule has 1 aliphatic heterocycles. The maximum Gasteiger partial charge on any atom is 0.166 e. The van der Waals surface area contributed by atoms with Crippen molar-refractivity contribution in [2.75, 3.05) is 19.6 Å². The second-order valence-corrected chi connectivity index (χ2v) is 11.1. The number of ketones is 1. The van der Waals surface area contributed by atoms with E-state index in [1.807, 2.05) is 18.2 Å². The number of likely N-dealkylation sites (tertiary alicyclic amines) is 1. The summed E-state index contributed by atoms with van der Waals surface area (Å²) in [6, 6.07) is 35.9. The van der Waals surface area contributed by atoms with Crippen molar-refractivity contribution in [3.05, 3.63) is 125 Å². The van der Waals surface area contributed by atoms with E-state index in [1.54, 1.807) is 0 Å². The summed E-state index contributed by atoms with van der Waals surface area (Å²) in [4.78, 5) is 15.9. The number of Topliss-reactive ketones (excluding diaryl/α,β-unsaturated/α-hetero) is 1. The standard InChI is InChI=1S/C36H37NO2/c38-36-31(20-23-37-21-18-30(19-22-37)28-9-3-1-4-10-28)14-15-33-25-34(16-17-35(33)36)39-26-27-8-7-13-32(24-27)29-11-5-2-6-12-29/h1-13,16-17,24-25,30-31H,14-15,18-23,26H2. The molecular weight excluding hydrogens is 478 g/mol. The van der Waals surface area contributed by atoms with Gasteiger partial charge in [0.1, 0.15) is 12.4 Å². The minimum atomic E-state index is 0.136. The molecule has 3 nitrogen and oxygen atoms in total. The molecular formula is C36H37NO2. The quantitative estimate of drug-likeness (QED) is 0.238. The van der Waals surface area contributed by atoms with Gasteiger partial charge in [-0.2, -0.15) is 0 Å². The van der Waals surface area contributed by atoms with Gasteiger partial charge >= 0.3 is 0 Å². The van der Waals surface area contributed by atoms with Crippen LogP contribution in [0, 0.1) is 5.92 Å². The first-order chi connectivity index (χ1) is 19.2. The number of ether oxygens (including phenoxy) is 1. The number of fused-ring (bicyclic) bond motifs is 1. The lowest BCUT2D eigenvalue weighted by atomic mass is 9.80. The van der Waals surface area contributed by atoms with Crippen molar-refractivity contribution in [2.45, 2.75) is 44.6 Å². The zero-order valence-electron chi connectivity index (χ0n) is 22.6. The summed E-state index contributed by atoms with van der Waals surface area (Å²) in [5, 5.41) is 0. The predicted molar refractivity (Wildman–Crippen MR) is 158 cm³/mol. The Balaban J connectivity index is 1.01. The summed E-state index contributed by atoms with van der Waals surface area (Å²) in [5.74, 6) is 1.97. The smallest absolute Gasteiger partial charge is 0.166 e. The molecule has 0 bridgehead atoms. The number of hydrogen-bond acceptors (Lipinski definition) is 3. The highest BCUT2D eigenvalue weighted by Crippen LogP contribution is 2.32. The summed E-state index contributed by atoms with van der Waals surface area (Å²) in [5.41, 5.74) is 7.04. The van der Waals surface area contributed by atoms with Crippen LogP contribution in [-0.2, 0) is 13.0 Å². The Kier molecular flexibility index (Phi) is 7.87. The monoisotopic (exact) mass is 515 g/mol. The highest BCUT2D eigenvalue weighted by molar-refractivity contribution is 6.00. The van der Waals surface area contributed by atoms with Crippen molar-refractivity contribution in [3.8, 4) is 16.9 Å². The molecule has 1 unspecified atom stereocenters. The maximum atomic E-state index is 13.3. The highest BCUT2D eigenvalue weighted by atomic mass is 16.5. The Labute approximate surface area is 232 Å². The highest BCUT2D eigenvalue weighted by Gasteiger charge is 2.29. The van der Waals surface area contributed by atoms with Gasteiger partial charge in [0.15, 0.2) is 5.78 Å². The summed E-state index contributed by atoms with van der Waals surface area (Å²) < 4.78 is 6.16. The summed E-state index contributed by atoms with van der Waals surface area (Å²) in [7, 11) is 0. The molecule has 0 aromatic heterocycles. The third kappa shape index (κ3) is 6.15. The average Bonchev–Trinajstić information content (AvgIpc) is 3.01. The number of aryl methyl sites for hydroxylation is 1. The van der Waals surface area contributed by atoms with Gasteiger partial charge in [-0.15, -0.1) is 0 Å². The fourth-order valence-electron chi connectivity index (χ4n) is 6.25. The first-order valence-corrected chi connectivity index (χ1v) is 14.4. The molecule has 198 valence electrons. The number of carbonyl (C=O) groups excluding carboxylic acids is 1. The third-order valence-corrected chi connectivity index (χ3v) is 8.57. The summed E-state index contributed by atoms with van der Waals surface area (Å²) in [6.45, 7) is 3.80. The minimum absolute atomic E-state index is 0.136. The normalized spacial score (nSPS) is 18.1.